The van der Waals surface area contributed by atoms with Crippen molar-refractivity contribution in [1.29, 1.82) is 0 Å². The molecule has 0 bridgehead atoms. The highest BCUT2D eigenvalue weighted by atomic mass is 16.5. The Morgan fingerprint density at radius 3 is 2.29 bits per heavy atom. The number of esters is 2. The van der Waals surface area contributed by atoms with Gasteiger partial charge in [-0.25, -0.2) is 9.59 Å². The molecule has 1 aliphatic rings. The first kappa shape index (κ1) is 21.7. The minimum absolute atomic E-state index is 0.0539. The fourth-order valence-electron chi connectivity index (χ4n) is 3.23. The van der Waals surface area contributed by atoms with Crippen molar-refractivity contribution in [2.75, 3.05) is 33.3 Å². The Bertz CT molecular complexity index is 1080. The summed E-state index contributed by atoms with van der Waals surface area (Å²) in [7, 11) is 5.71. The van der Waals surface area contributed by atoms with E-state index in [4.69, 9.17) is 18.9 Å². The molecular weight excluding hydrogens is 398 g/mol. The molecule has 0 atom stereocenters. The topological polar surface area (TPSA) is 74.3 Å². The zero-order chi connectivity index (χ0) is 22.4. The lowest BCUT2D eigenvalue weighted by atomic mass is 10.0. The summed E-state index contributed by atoms with van der Waals surface area (Å²) in [6.07, 6.45) is 6.58. The molecule has 0 saturated heterocycles. The van der Waals surface area contributed by atoms with Crippen LogP contribution in [0.25, 0.3) is 11.1 Å². The van der Waals surface area contributed by atoms with Crippen LogP contribution in [0, 0.1) is 0 Å². The van der Waals surface area contributed by atoms with Crippen molar-refractivity contribution in [1.82, 2.24) is 0 Å². The number of anilines is 1. The summed E-state index contributed by atoms with van der Waals surface area (Å²) in [6, 6.07) is 13.0. The molecule has 2 aromatic carbocycles. The minimum atomic E-state index is -0.663. The maximum Gasteiger partial charge on any atom is 0.355 e. The molecule has 0 radical (unpaired) electrons. The number of allylic oxidation sites excluding steroid dienone is 2. The van der Waals surface area contributed by atoms with Gasteiger partial charge in [0.2, 0.25) is 0 Å². The van der Waals surface area contributed by atoms with Crippen LogP contribution < -0.4 is 14.4 Å². The molecule has 31 heavy (non-hydrogen) atoms. The summed E-state index contributed by atoms with van der Waals surface area (Å²) in [5.41, 5.74) is 2.49. The van der Waals surface area contributed by atoms with Gasteiger partial charge in [-0.2, -0.15) is 0 Å². The summed E-state index contributed by atoms with van der Waals surface area (Å²) >= 11 is 0. The first-order chi connectivity index (χ1) is 15.0. The van der Waals surface area contributed by atoms with E-state index in [0.717, 1.165) is 11.1 Å². The second-order valence-corrected chi connectivity index (χ2v) is 6.43. The Hall–Kier alpha value is -4.00. The molecule has 0 aliphatic carbocycles. The van der Waals surface area contributed by atoms with Crippen molar-refractivity contribution < 1.29 is 28.5 Å². The van der Waals surface area contributed by atoms with E-state index in [1.54, 1.807) is 43.5 Å². The van der Waals surface area contributed by atoms with Gasteiger partial charge in [0.25, 0.3) is 0 Å². The Balaban J connectivity index is 2.14. The van der Waals surface area contributed by atoms with Gasteiger partial charge in [-0.15, -0.1) is 0 Å². The summed E-state index contributed by atoms with van der Waals surface area (Å²) in [6.45, 7) is 0. The maximum absolute atomic E-state index is 12.6. The van der Waals surface area contributed by atoms with Gasteiger partial charge >= 0.3 is 11.9 Å². The fraction of sp³-hybridized carbons (Fsp3) is 0.167. The van der Waals surface area contributed by atoms with E-state index in [-0.39, 0.29) is 11.3 Å². The largest absolute Gasteiger partial charge is 0.497 e. The van der Waals surface area contributed by atoms with E-state index in [9.17, 15) is 9.59 Å². The molecule has 7 nitrogen and oxygen atoms in total. The van der Waals surface area contributed by atoms with Crippen LogP contribution in [0.1, 0.15) is 0 Å². The van der Waals surface area contributed by atoms with E-state index < -0.39 is 11.9 Å². The van der Waals surface area contributed by atoms with Crippen LogP contribution >= 0.6 is 0 Å². The van der Waals surface area contributed by atoms with Crippen molar-refractivity contribution >= 4 is 17.6 Å². The highest BCUT2D eigenvalue weighted by Gasteiger charge is 2.27. The summed E-state index contributed by atoms with van der Waals surface area (Å²) in [5, 5.41) is 0. The third-order valence-electron chi connectivity index (χ3n) is 4.73. The molecule has 160 valence electrons. The normalized spacial score (nSPS) is 13.0. The lowest BCUT2D eigenvalue weighted by Gasteiger charge is -2.23. The summed E-state index contributed by atoms with van der Waals surface area (Å²) in [4.78, 5) is 26.6. The third kappa shape index (κ3) is 4.45. The number of methoxy groups -OCH3 is 4. The molecule has 0 N–H and O–H groups in total. The number of carbonyl (C=O) groups is 2. The highest BCUT2D eigenvalue weighted by Crippen LogP contribution is 2.36. The lowest BCUT2D eigenvalue weighted by Crippen LogP contribution is -2.26. The predicted octanol–water partition coefficient (Wildman–Crippen LogP) is 3.86. The molecule has 0 amide bonds. The number of hydrogen-bond acceptors (Lipinski definition) is 7. The molecule has 0 aromatic heterocycles. The molecule has 3 rings (SSSR count). The predicted molar refractivity (Wildman–Crippen MR) is 117 cm³/mol. The molecule has 0 unspecified atom stereocenters. The average Bonchev–Trinajstić information content (AvgIpc) is 3.05. The van der Waals surface area contributed by atoms with Gasteiger partial charge in [0, 0.05) is 23.5 Å². The lowest BCUT2D eigenvalue weighted by molar-refractivity contribution is -0.139. The van der Waals surface area contributed by atoms with Crippen LogP contribution in [-0.4, -0.2) is 40.4 Å². The number of rotatable bonds is 6. The first-order valence-corrected chi connectivity index (χ1v) is 9.41. The monoisotopic (exact) mass is 421 g/mol. The van der Waals surface area contributed by atoms with Gasteiger partial charge in [0.05, 0.1) is 34.0 Å². The molecule has 7 heteroatoms. The second-order valence-electron chi connectivity index (χ2n) is 6.43. The Morgan fingerprint density at radius 2 is 1.61 bits per heavy atom. The van der Waals surface area contributed by atoms with Crippen LogP contribution in [0.5, 0.6) is 11.5 Å². The molecular formula is C24H23NO6. The van der Waals surface area contributed by atoms with Crippen molar-refractivity contribution in [3.05, 3.63) is 78.2 Å². The fourth-order valence-corrected chi connectivity index (χ4v) is 3.23. The zero-order valence-electron chi connectivity index (χ0n) is 17.7. The van der Waals surface area contributed by atoms with Gasteiger partial charge in [0.15, 0.2) is 0 Å². The van der Waals surface area contributed by atoms with Crippen LogP contribution in [0.2, 0.25) is 0 Å². The molecule has 0 saturated carbocycles. The maximum atomic E-state index is 12.6. The van der Waals surface area contributed by atoms with Crippen molar-refractivity contribution in [3.8, 4) is 22.6 Å². The molecule has 1 aliphatic heterocycles. The van der Waals surface area contributed by atoms with Crippen LogP contribution in [0.3, 0.4) is 0 Å². The highest BCUT2D eigenvalue weighted by molar-refractivity contribution is 6.05. The number of benzene rings is 2. The van der Waals surface area contributed by atoms with E-state index in [0.29, 0.717) is 17.2 Å². The average molecular weight is 421 g/mol. The standard InChI is InChI=1S/C24H23NO6/c1-28-18-11-12-19(21(15-18)29-2)16-8-7-9-17(14-16)25-13-6-5-10-20(23(26)30-3)22(25)24(27)31-4/h5-15H,1-4H3. The van der Waals surface area contributed by atoms with Gasteiger partial charge in [-0.1, -0.05) is 18.2 Å². The second kappa shape index (κ2) is 9.67. The number of hydrogen-bond donors (Lipinski definition) is 0. The number of carbonyl (C=O) groups excluding carboxylic acids is 2. The molecule has 0 fully saturated rings. The minimum Gasteiger partial charge on any atom is -0.497 e. The van der Waals surface area contributed by atoms with E-state index in [2.05, 4.69) is 0 Å². The Kier molecular flexibility index (Phi) is 6.77. The number of nitrogens with zero attached hydrogens (tertiary/aromatic N) is 1. The van der Waals surface area contributed by atoms with E-state index >= 15 is 0 Å². The third-order valence-corrected chi connectivity index (χ3v) is 4.73. The Morgan fingerprint density at radius 1 is 0.839 bits per heavy atom. The van der Waals surface area contributed by atoms with E-state index in [1.165, 1.54) is 20.3 Å². The smallest absolute Gasteiger partial charge is 0.355 e. The van der Waals surface area contributed by atoms with Gasteiger partial charge in [-0.05, 0) is 42.0 Å². The zero-order valence-corrected chi connectivity index (χ0v) is 17.7. The summed E-state index contributed by atoms with van der Waals surface area (Å²) in [5.74, 6) is 0.0165. The van der Waals surface area contributed by atoms with Crippen molar-refractivity contribution in [3.63, 3.8) is 0 Å². The first-order valence-electron chi connectivity index (χ1n) is 9.41. The van der Waals surface area contributed by atoms with E-state index in [1.807, 2.05) is 36.4 Å². The molecule has 1 heterocycles. The summed E-state index contributed by atoms with van der Waals surface area (Å²) < 4.78 is 20.6. The molecule has 0 spiro atoms. The molecule has 2 aromatic rings. The van der Waals surface area contributed by atoms with Crippen molar-refractivity contribution in [2.45, 2.75) is 0 Å². The SMILES string of the molecule is COC(=O)C1=C(C(=O)OC)N(c2cccc(-c3ccc(OC)cc3OC)c2)C=CC=C1. The number of ether oxygens (including phenoxy) is 4. The van der Waals surface area contributed by atoms with Crippen LogP contribution in [-0.2, 0) is 19.1 Å². The van der Waals surface area contributed by atoms with Gasteiger partial charge in [-0.3, -0.25) is 0 Å². The van der Waals surface area contributed by atoms with Gasteiger partial charge in [0.1, 0.15) is 17.2 Å². The quantitative estimate of drug-likeness (QED) is 0.656. The Labute approximate surface area is 180 Å². The van der Waals surface area contributed by atoms with Gasteiger partial charge < -0.3 is 23.8 Å². The van der Waals surface area contributed by atoms with Crippen LogP contribution in [0.15, 0.2) is 78.2 Å². The van der Waals surface area contributed by atoms with Crippen LogP contribution in [0.4, 0.5) is 5.69 Å². The van der Waals surface area contributed by atoms with Crippen molar-refractivity contribution in [2.24, 2.45) is 0 Å².